The zero-order valence-corrected chi connectivity index (χ0v) is 7.11. The quantitative estimate of drug-likeness (QED) is 0.784. The zero-order chi connectivity index (χ0) is 8.97. The van der Waals surface area contributed by atoms with Gasteiger partial charge in [0.1, 0.15) is 0 Å². The molecule has 12 heavy (non-hydrogen) atoms. The SMILES string of the molecule is C=C(Cl)CNc1ccncc1F. The van der Waals surface area contributed by atoms with Gasteiger partial charge in [0.2, 0.25) is 0 Å². The largest absolute Gasteiger partial charge is 0.378 e. The first kappa shape index (κ1) is 9.00. The maximum atomic E-state index is 12.8. The minimum Gasteiger partial charge on any atom is -0.378 e. The number of rotatable bonds is 3. The first-order chi connectivity index (χ1) is 5.70. The van der Waals surface area contributed by atoms with Gasteiger partial charge in [-0.05, 0) is 6.07 Å². The van der Waals surface area contributed by atoms with Crippen LogP contribution in [0.25, 0.3) is 0 Å². The van der Waals surface area contributed by atoms with E-state index in [1.807, 2.05) is 0 Å². The van der Waals surface area contributed by atoms with E-state index in [1.165, 1.54) is 12.3 Å². The van der Waals surface area contributed by atoms with Crippen LogP contribution in [0.15, 0.2) is 30.1 Å². The standard InChI is InChI=1S/C8H8ClFN2/c1-6(9)4-12-8-2-3-11-5-7(8)10/h2-3,5H,1,4H2,(H,11,12). The Balaban J connectivity index is 2.63. The summed E-state index contributed by atoms with van der Waals surface area (Å²) in [5, 5.41) is 3.20. The maximum Gasteiger partial charge on any atom is 0.164 e. The Morgan fingerprint density at radius 3 is 3.08 bits per heavy atom. The van der Waals surface area contributed by atoms with E-state index in [1.54, 1.807) is 0 Å². The van der Waals surface area contributed by atoms with Crippen molar-refractivity contribution in [3.8, 4) is 0 Å². The van der Waals surface area contributed by atoms with Crippen molar-refractivity contribution in [1.82, 2.24) is 4.98 Å². The molecule has 0 bridgehead atoms. The Morgan fingerprint density at radius 1 is 1.75 bits per heavy atom. The lowest BCUT2D eigenvalue weighted by Crippen LogP contribution is -2.02. The lowest BCUT2D eigenvalue weighted by Gasteiger charge is -2.04. The molecule has 64 valence electrons. The number of hydrogen-bond acceptors (Lipinski definition) is 2. The summed E-state index contributed by atoms with van der Waals surface area (Å²) in [6, 6.07) is 1.54. The number of nitrogens with zero attached hydrogens (tertiary/aromatic N) is 1. The highest BCUT2D eigenvalue weighted by Crippen LogP contribution is 2.11. The number of anilines is 1. The van der Waals surface area contributed by atoms with Crippen molar-refractivity contribution < 1.29 is 4.39 Å². The molecule has 1 N–H and O–H groups in total. The molecule has 0 saturated carbocycles. The fourth-order valence-corrected chi connectivity index (χ4v) is 0.777. The first-order valence-corrected chi connectivity index (χ1v) is 3.74. The van der Waals surface area contributed by atoms with Crippen LogP contribution in [0.5, 0.6) is 0 Å². The topological polar surface area (TPSA) is 24.9 Å². The molecule has 0 saturated heterocycles. The van der Waals surface area contributed by atoms with Crippen LogP contribution in [-0.4, -0.2) is 11.5 Å². The predicted octanol–water partition coefficient (Wildman–Crippen LogP) is 2.39. The molecule has 1 heterocycles. The van der Waals surface area contributed by atoms with Crippen molar-refractivity contribution in [2.75, 3.05) is 11.9 Å². The smallest absolute Gasteiger partial charge is 0.164 e. The minimum atomic E-state index is -0.393. The highest BCUT2D eigenvalue weighted by Gasteiger charge is 1.98. The van der Waals surface area contributed by atoms with Crippen molar-refractivity contribution >= 4 is 17.3 Å². The van der Waals surface area contributed by atoms with E-state index in [4.69, 9.17) is 11.6 Å². The molecule has 0 fully saturated rings. The Labute approximate surface area is 75.1 Å². The van der Waals surface area contributed by atoms with E-state index in [9.17, 15) is 4.39 Å². The van der Waals surface area contributed by atoms with E-state index in [0.29, 0.717) is 17.3 Å². The number of aromatic nitrogens is 1. The first-order valence-electron chi connectivity index (χ1n) is 3.37. The summed E-state index contributed by atoms with van der Waals surface area (Å²) in [6.45, 7) is 3.81. The Bertz CT molecular complexity index is 288. The molecule has 0 aliphatic carbocycles. The summed E-state index contributed by atoms with van der Waals surface area (Å²) < 4.78 is 12.8. The summed E-state index contributed by atoms with van der Waals surface area (Å²) in [5.74, 6) is -0.393. The number of hydrogen-bond donors (Lipinski definition) is 1. The van der Waals surface area contributed by atoms with Crippen molar-refractivity contribution in [2.45, 2.75) is 0 Å². The highest BCUT2D eigenvalue weighted by molar-refractivity contribution is 6.29. The average molecular weight is 187 g/mol. The van der Waals surface area contributed by atoms with Crippen LogP contribution in [0.1, 0.15) is 0 Å². The average Bonchev–Trinajstić information content (AvgIpc) is 2.03. The maximum absolute atomic E-state index is 12.8. The second-order valence-corrected chi connectivity index (χ2v) is 2.76. The van der Waals surface area contributed by atoms with Gasteiger partial charge in [-0.15, -0.1) is 0 Å². The van der Waals surface area contributed by atoms with Crippen LogP contribution in [0.2, 0.25) is 0 Å². The fourth-order valence-electron chi connectivity index (χ4n) is 0.710. The van der Waals surface area contributed by atoms with Gasteiger partial charge in [0.05, 0.1) is 18.4 Å². The van der Waals surface area contributed by atoms with E-state index in [0.717, 1.165) is 6.20 Å². The van der Waals surface area contributed by atoms with Crippen molar-refractivity contribution in [3.05, 3.63) is 35.9 Å². The van der Waals surface area contributed by atoms with Gasteiger partial charge >= 0.3 is 0 Å². The minimum absolute atomic E-state index is 0.350. The van der Waals surface area contributed by atoms with E-state index >= 15 is 0 Å². The third-order valence-corrected chi connectivity index (χ3v) is 1.38. The van der Waals surface area contributed by atoms with Crippen LogP contribution >= 0.6 is 11.6 Å². The lowest BCUT2D eigenvalue weighted by molar-refractivity contribution is 0.624. The summed E-state index contributed by atoms with van der Waals surface area (Å²) in [4.78, 5) is 3.60. The number of pyridine rings is 1. The van der Waals surface area contributed by atoms with Crippen LogP contribution in [0.3, 0.4) is 0 Å². The van der Waals surface area contributed by atoms with Gasteiger partial charge in [-0.1, -0.05) is 18.2 Å². The molecule has 1 rings (SSSR count). The van der Waals surface area contributed by atoms with Gasteiger partial charge in [-0.3, -0.25) is 4.98 Å². The molecule has 0 atom stereocenters. The molecular formula is C8H8ClFN2. The van der Waals surface area contributed by atoms with Crippen molar-refractivity contribution in [1.29, 1.82) is 0 Å². The molecule has 0 radical (unpaired) electrons. The predicted molar refractivity (Wildman–Crippen MR) is 47.7 cm³/mol. The Kier molecular flexibility index (Phi) is 3.05. The van der Waals surface area contributed by atoms with Crippen LogP contribution < -0.4 is 5.32 Å². The lowest BCUT2D eigenvalue weighted by atomic mass is 10.4. The molecule has 2 nitrogen and oxygen atoms in total. The molecule has 1 aromatic heterocycles. The molecule has 0 aliphatic rings. The molecule has 1 aromatic rings. The van der Waals surface area contributed by atoms with E-state index < -0.39 is 5.82 Å². The fraction of sp³-hybridized carbons (Fsp3) is 0.125. The molecule has 4 heteroatoms. The second-order valence-electron chi connectivity index (χ2n) is 2.23. The Hall–Kier alpha value is -1.09. The van der Waals surface area contributed by atoms with Gasteiger partial charge in [0, 0.05) is 11.2 Å². The highest BCUT2D eigenvalue weighted by atomic mass is 35.5. The molecule has 0 unspecified atom stereocenters. The zero-order valence-electron chi connectivity index (χ0n) is 6.35. The summed E-state index contributed by atoms with van der Waals surface area (Å²) in [7, 11) is 0. The molecular weight excluding hydrogens is 179 g/mol. The van der Waals surface area contributed by atoms with Gasteiger partial charge < -0.3 is 5.32 Å². The van der Waals surface area contributed by atoms with Gasteiger partial charge in [-0.25, -0.2) is 4.39 Å². The van der Waals surface area contributed by atoms with E-state index in [-0.39, 0.29) is 0 Å². The molecule has 0 amide bonds. The number of nitrogens with one attached hydrogen (secondary N) is 1. The normalized spacial score (nSPS) is 9.50. The molecule has 0 aliphatic heterocycles. The third kappa shape index (κ3) is 2.51. The van der Waals surface area contributed by atoms with E-state index in [2.05, 4.69) is 16.9 Å². The molecule has 0 aromatic carbocycles. The van der Waals surface area contributed by atoms with Crippen molar-refractivity contribution in [2.24, 2.45) is 0 Å². The second kappa shape index (κ2) is 4.07. The Morgan fingerprint density at radius 2 is 2.50 bits per heavy atom. The summed E-state index contributed by atoms with van der Waals surface area (Å²) in [5.41, 5.74) is 0.381. The molecule has 0 spiro atoms. The monoisotopic (exact) mass is 186 g/mol. The number of halogens is 2. The summed E-state index contributed by atoms with van der Waals surface area (Å²) >= 11 is 5.48. The van der Waals surface area contributed by atoms with Crippen LogP contribution in [-0.2, 0) is 0 Å². The van der Waals surface area contributed by atoms with Gasteiger partial charge in [0.25, 0.3) is 0 Å². The van der Waals surface area contributed by atoms with Gasteiger partial charge in [0.15, 0.2) is 5.82 Å². The van der Waals surface area contributed by atoms with Gasteiger partial charge in [-0.2, -0.15) is 0 Å². The van der Waals surface area contributed by atoms with Crippen LogP contribution in [0, 0.1) is 5.82 Å². The van der Waals surface area contributed by atoms with Crippen molar-refractivity contribution in [3.63, 3.8) is 0 Å². The summed E-state index contributed by atoms with van der Waals surface area (Å²) in [6.07, 6.45) is 2.64. The van der Waals surface area contributed by atoms with Crippen LogP contribution in [0.4, 0.5) is 10.1 Å². The third-order valence-electron chi connectivity index (χ3n) is 1.24.